The van der Waals surface area contributed by atoms with E-state index >= 15 is 0 Å². The highest BCUT2D eigenvalue weighted by molar-refractivity contribution is 5.82. The Morgan fingerprint density at radius 1 is 1.31 bits per heavy atom. The quantitative estimate of drug-likeness (QED) is 0.588. The molecule has 0 atom stereocenters. The van der Waals surface area contributed by atoms with Gasteiger partial charge in [0.2, 0.25) is 0 Å². The van der Waals surface area contributed by atoms with Crippen LogP contribution in [0.1, 0.15) is 27.7 Å². The summed E-state index contributed by atoms with van der Waals surface area (Å²) in [5.74, 6) is -0.423. The second-order valence-corrected chi connectivity index (χ2v) is 4.04. The predicted molar refractivity (Wildman–Crippen MR) is 60.0 cm³/mol. The van der Waals surface area contributed by atoms with Gasteiger partial charge in [-0.25, -0.2) is 9.59 Å². The van der Waals surface area contributed by atoms with Crippen LogP contribution in [0.25, 0.3) is 0 Å². The first kappa shape index (κ1) is 14.5. The van der Waals surface area contributed by atoms with Gasteiger partial charge in [0.05, 0.1) is 6.61 Å². The Balaban J connectivity index is 3.74. The highest BCUT2D eigenvalue weighted by atomic mass is 16.6. The molecule has 0 aromatic rings. The maximum absolute atomic E-state index is 11.1. The van der Waals surface area contributed by atoms with E-state index in [0.717, 1.165) is 0 Å². The van der Waals surface area contributed by atoms with Crippen molar-refractivity contribution in [3.8, 4) is 0 Å². The molecule has 0 radical (unpaired) electrons. The molecule has 0 saturated heterocycles. The third kappa shape index (κ3) is 9.05. The molecule has 0 spiro atoms. The summed E-state index contributed by atoms with van der Waals surface area (Å²) in [6, 6.07) is 0. The molecule has 0 bridgehead atoms. The Morgan fingerprint density at radius 3 is 2.44 bits per heavy atom. The van der Waals surface area contributed by atoms with Crippen LogP contribution in [0.15, 0.2) is 12.2 Å². The number of alkyl carbamates (subject to hydrolysis) is 1. The van der Waals surface area contributed by atoms with Gasteiger partial charge >= 0.3 is 12.1 Å². The largest absolute Gasteiger partial charge is 0.463 e. The van der Waals surface area contributed by atoms with Gasteiger partial charge in [-0.05, 0) is 27.7 Å². The van der Waals surface area contributed by atoms with Crippen LogP contribution in [-0.2, 0) is 14.3 Å². The van der Waals surface area contributed by atoms with Crippen molar-refractivity contribution in [2.24, 2.45) is 0 Å². The number of carbonyl (C=O) groups excluding carboxylic acids is 2. The van der Waals surface area contributed by atoms with Crippen LogP contribution < -0.4 is 5.32 Å². The topological polar surface area (TPSA) is 64.6 Å². The van der Waals surface area contributed by atoms with Crippen molar-refractivity contribution in [1.29, 1.82) is 0 Å². The molecule has 1 N–H and O–H groups in total. The average Bonchev–Trinajstić information content (AvgIpc) is 2.10. The zero-order chi connectivity index (χ0) is 12.6. The Labute approximate surface area is 95.8 Å². The molecule has 16 heavy (non-hydrogen) atoms. The molecule has 5 nitrogen and oxygen atoms in total. The first-order valence-corrected chi connectivity index (χ1v) is 5.15. The van der Waals surface area contributed by atoms with Gasteiger partial charge in [-0.15, -0.1) is 0 Å². The number of amides is 1. The lowest BCUT2D eigenvalue weighted by Gasteiger charge is -2.19. The summed E-state index contributed by atoms with van der Waals surface area (Å²) in [7, 11) is 0. The van der Waals surface area contributed by atoms with Crippen LogP contribution in [0, 0.1) is 0 Å². The summed E-state index contributed by atoms with van der Waals surface area (Å²) in [5.41, 5.74) is -0.519. The van der Waals surface area contributed by atoms with Gasteiger partial charge in [-0.3, -0.25) is 0 Å². The zero-order valence-electron chi connectivity index (χ0n) is 10.2. The van der Waals surface area contributed by atoms with Gasteiger partial charge in [0, 0.05) is 12.6 Å². The predicted octanol–water partition coefficient (Wildman–Crippen LogP) is 1.63. The maximum Gasteiger partial charge on any atom is 0.407 e. The number of hydrogen-bond acceptors (Lipinski definition) is 4. The smallest absolute Gasteiger partial charge is 0.407 e. The summed E-state index contributed by atoms with van der Waals surface area (Å²) in [4.78, 5) is 22.0. The number of ether oxygens (including phenoxy) is 2. The van der Waals surface area contributed by atoms with E-state index in [4.69, 9.17) is 4.74 Å². The normalized spacial score (nSPS) is 11.2. The molecule has 0 heterocycles. The summed E-state index contributed by atoms with van der Waals surface area (Å²) < 4.78 is 9.65. The number of esters is 1. The Kier molecular flexibility index (Phi) is 6.22. The molecule has 0 aliphatic heterocycles. The van der Waals surface area contributed by atoms with Crippen molar-refractivity contribution in [1.82, 2.24) is 5.32 Å². The highest BCUT2D eigenvalue weighted by Gasteiger charge is 2.14. The summed E-state index contributed by atoms with van der Waals surface area (Å²) in [6.07, 6.45) is 2.25. The number of nitrogens with one attached hydrogen (secondary N) is 1. The number of hydrogen-bond donors (Lipinski definition) is 1. The maximum atomic E-state index is 11.1. The molecule has 1 amide bonds. The molecule has 0 fully saturated rings. The molecule has 0 aliphatic rings. The van der Waals surface area contributed by atoms with E-state index in [0.29, 0.717) is 6.61 Å². The van der Waals surface area contributed by atoms with Crippen LogP contribution >= 0.6 is 0 Å². The molecule has 0 rings (SSSR count). The van der Waals surface area contributed by atoms with Crippen molar-refractivity contribution in [2.75, 3.05) is 13.2 Å². The third-order valence-electron chi connectivity index (χ3n) is 1.30. The van der Waals surface area contributed by atoms with E-state index in [9.17, 15) is 9.59 Å². The first-order chi connectivity index (χ1) is 7.35. The second-order valence-electron chi connectivity index (χ2n) is 4.04. The molecule has 0 saturated carbocycles. The fourth-order valence-corrected chi connectivity index (χ4v) is 0.802. The van der Waals surface area contributed by atoms with Gasteiger partial charge in [0.25, 0.3) is 0 Å². The second kappa shape index (κ2) is 6.87. The van der Waals surface area contributed by atoms with Crippen LogP contribution in [0.5, 0.6) is 0 Å². The van der Waals surface area contributed by atoms with E-state index in [1.54, 1.807) is 27.7 Å². The van der Waals surface area contributed by atoms with Crippen LogP contribution in [0.3, 0.4) is 0 Å². The van der Waals surface area contributed by atoms with Crippen molar-refractivity contribution in [3.05, 3.63) is 12.2 Å². The molecular weight excluding hydrogens is 210 g/mol. The lowest BCUT2D eigenvalue weighted by Crippen LogP contribution is -2.32. The van der Waals surface area contributed by atoms with Crippen molar-refractivity contribution in [3.63, 3.8) is 0 Å². The van der Waals surface area contributed by atoms with Gasteiger partial charge in [-0.2, -0.15) is 0 Å². The van der Waals surface area contributed by atoms with E-state index in [1.807, 2.05) is 0 Å². The lowest BCUT2D eigenvalue weighted by molar-refractivity contribution is -0.137. The number of rotatable bonds is 4. The first-order valence-electron chi connectivity index (χ1n) is 5.15. The lowest BCUT2D eigenvalue weighted by atomic mass is 10.2. The van der Waals surface area contributed by atoms with Gasteiger partial charge < -0.3 is 14.8 Å². The minimum absolute atomic E-state index is 0.230. The van der Waals surface area contributed by atoms with E-state index in [2.05, 4.69) is 10.1 Å². The van der Waals surface area contributed by atoms with E-state index in [-0.39, 0.29) is 6.54 Å². The molecule has 0 aromatic heterocycles. The van der Waals surface area contributed by atoms with Crippen LogP contribution in [-0.4, -0.2) is 30.8 Å². The number of carbonyl (C=O) groups is 2. The van der Waals surface area contributed by atoms with Crippen LogP contribution in [0.2, 0.25) is 0 Å². The van der Waals surface area contributed by atoms with Gasteiger partial charge in [0.1, 0.15) is 5.60 Å². The summed E-state index contributed by atoms with van der Waals surface area (Å²) in [5, 5.41) is 2.48. The van der Waals surface area contributed by atoms with Crippen molar-refractivity contribution in [2.45, 2.75) is 33.3 Å². The molecular formula is C11H19NO4. The highest BCUT2D eigenvalue weighted by Crippen LogP contribution is 2.05. The van der Waals surface area contributed by atoms with Crippen molar-refractivity contribution >= 4 is 12.1 Å². The van der Waals surface area contributed by atoms with Gasteiger partial charge in [0.15, 0.2) is 0 Å². The zero-order valence-corrected chi connectivity index (χ0v) is 10.2. The molecule has 5 heteroatoms. The molecule has 0 unspecified atom stereocenters. The summed E-state index contributed by atoms with van der Waals surface area (Å²) in [6.45, 7) is 7.63. The van der Waals surface area contributed by atoms with Crippen molar-refractivity contribution < 1.29 is 19.1 Å². The third-order valence-corrected chi connectivity index (χ3v) is 1.30. The van der Waals surface area contributed by atoms with E-state index in [1.165, 1.54) is 12.2 Å². The summed E-state index contributed by atoms with van der Waals surface area (Å²) >= 11 is 0. The van der Waals surface area contributed by atoms with Gasteiger partial charge in [-0.1, -0.05) is 6.08 Å². The molecule has 92 valence electrons. The Bertz CT molecular complexity index is 266. The molecule has 0 aromatic carbocycles. The minimum atomic E-state index is -0.519. The average molecular weight is 229 g/mol. The van der Waals surface area contributed by atoms with Crippen LogP contribution in [0.4, 0.5) is 4.79 Å². The standard InChI is InChI=1S/C11H19NO4/c1-5-15-9(13)7-6-8-12-10(14)16-11(2,3)4/h6-7H,5,8H2,1-4H3,(H,12,14). The Hall–Kier alpha value is -1.52. The fraction of sp³-hybridized carbons (Fsp3) is 0.636. The fourth-order valence-electron chi connectivity index (χ4n) is 0.802. The van der Waals surface area contributed by atoms with E-state index < -0.39 is 17.7 Å². The monoisotopic (exact) mass is 229 g/mol. The Morgan fingerprint density at radius 2 is 1.94 bits per heavy atom. The molecule has 0 aliphatic carbocycles. The minimum Gasteiger partial charge on any atom is -0.463 e. The SMILES string of the molecule is CCOC(=O)C=CCNC(=O)OC(C)(C)C.